The Labute approximate surface area is 118 Å². The van der Waals surface area contributed by atoms with E-state index >= 15 is 0 Å². The van der Waals surface area contributed by atoms with E-state index < -0.39 is 0 Å². The highest BCUT2D eigenvalue weighted by Gasteiger charge is 2.20. The zero-order valence-electron chi connectivity index (χ0n) is 12.1. The molecule has 2 rings (SSSR count). The minimum Gasteiger partial charge on any atom is -0.374 e. The predicted molar refractivity (Wildman–Crippen MR) is 77.1 cm³/mol. The third-order valence-electron chi connectivity index (χ3n) is 2.82. The number of para-hydroxylation sites is 1. The topological polar surface area (TPSA) is 78.0 Å². The van der Waals surface area contributed by atoms with Gasteiger partial charge in [0, 0.05) is 0 Å². The fourth-order valence-electron chi connectivity index (χ4n) is 1.80. The molecule has 108 valence electrons. The Morgan fingerprint density at radius 1 is 1.30 bits per heavy atom. The highest BCUT2D eigenvalue weighted by Crippen LogP contribution is 2.18. The zero-order valence-corrected chi connectivity index (χ0v) is 12.1. The highest BCUT2D eigenvalue weighted by atomic mass is 16.5. The number of nitrogens with one attached hydrogen (secondary N) is 1. The van der Waals surface area contributed by atoms with Crippen LogP contribution in [-0.4, -0.2) is 27.2 Å². The highest BCUT2D eigenvalue weighted by molar-refractivity contribution is 5.32. The van der Waals surface area contributed by atoms with Crippen molar-refractivity contribution in [3.63, 3.8) is 0 Å². The van der Waals surface area contributed by atoms with E-state index in [-0.39, 0.29) is 11.6 Å². The molecule has 1 unspecified atom stereocenters. The molecule has 6 heteroatoms. The average Bonchev–Trinajstić information content (AvgIpc) is 2.88. The summed E-state index contributed by atoms with van der Waals surface area (Å²) in [7, 11) is 0. The third kappa shape index (κ3) is 3.63. The lowest BCUT2D eigenvalue weighted by molar-refractivity contribution is -0.0155. The fourth-order valence-corrected chi connectivity index (χ4v) is 1.80. The van der Waals surface area contributed by atoms with Gasteiger partial charge < -0.3 is 4.74 Å². The first-order chi connectivity index (χ1) is 9.51. The molecule has 0 aliphatic carbocycles. The van der Waals surface area contributed by atoms with Crippen molar-refractivity contribution in [1.29, 1.82) is 0 Å². The van der Waals surface area contributed by atoms with Gasteiger partial charge in [0.1, 0.15) is 0 Å². The number of benzene rings is 1. The Balaban J connectivity index is 2.21. The molecule has 1 aromatic carbocycles. The van der Waals surface area contributed by atoms with Gasteiger partial charge in [0.25, 0.3) is 0 Å². The first-order valence-electron chi connectivity index (χ1n) is 6.57. The molecule has 2 aromatic rings. The summed E-state index contributed by atoms with van der Waals surface area (Å²) < 4.78 is 7.55. The number of hydrazine groups is 1. The Bertz CT molecular complexity index is 532. The Kier molecular flexibility index (Phi) is 4.49. The molecule has 1 atom stereocenters. The summed E-state index contributed by atoms with van der Waals surface area (Å²) in [5.74, 6) is 5.64. The maximum Gasteiger partial charge on any atom is 0.0883 e. The lowest BCUT2D eigenvalue weighted by atomic mass is 10.2. The second-order valence-electron chi connectivity index (χ2n) is 5.55. The number of rotatable bonds is 5. The van der Waals surface area contributed by atoms with Crippen molar-refractivity contribution >= 4 is 0 Å². The average molecular weight is 275 g/mol. The van der Waals surface area contributed by atoms with Crippen LogP contribution in [0.25, 0.3) is 5.69 Å². The van der Waals surface area contributed by atoms with Gasteiger partial charge in [-0.25, -0.2) is 10.1 Å². The summed E-state index contributed by atoms with van der Waals surface area (Å²) in [5.41, 5.74) is 4.34. The molecule has 1 heterocycles. The Morgan fingerprint density at radius 2 is 2.00 bits per heavy atom. The largest absolute Gasteiger partial charge is 0.374 e. The molecule has 0 aliphatic heterocycles. The lowest BCUT2D eigenvalue weighted by Crippen LogP contribution is -2.35. The zero-order chi connectivity index (χ0) is 14.6. The molecule has 0 bridgehead atoms. The van der Waals surface area contributed by atoms with Crippen LogP contribution in [0.1, 0.15) is 32.5 Å². The van der Waals surface area contributed by atoms with Crippen molar-refractivity contribution in [2.24, 2.45) is 5.84 Å². The van der Waals surface area contributed by atoms with Crippen molar-refractivity contribution in [3.05, 3.63) is 42.2 Å². The third-order valence-corrected chi connectivity index (χ3v) is 2.82. The monoisotopic (exact) mass is 275 g/mol. The predicted octanol–water partition coefficient (Wildman–Crippen LogP) is 1.59. The van der Waals surface area contributed by atoms with Gasteiger partial charge in [0.15, 0.2) is 0 Å². The van der Waals surface area contributed by atoms with Crippen molar-refractivity contribution < 1.29 is 4.74 Å². The Hall–Kier alpha value is -1.76. The minimum atomic E-state index is -0.222. The van der Waals surface area contributed by atoms with Crippen LogP contribution >= 0.6 is 0 Å². The van der Waals surface area contributed by atoms with Crippen molar-refractivity contribution in [3.8, 4) is 5.69 Å². The van der Waals surface area contributed by atoms with E-state index in [1.165, 1.54) is 0 Å². The van der Waals surface area contributed by atoms with Gasteiger partial charge in [-0.2, -0.15) is 0 Å². The molecule has 20 heavy (non-hydrogen) atoms. The van der Waals surface area contributed by atoms with Crippen LogP contribution in [0.4, 0.5) is 0 Å². The van der Waals surface area contributed by atoms with Crippen LogP contribution < -0.4 is 11.3 Å². The molecule has 0 spiro atoms. The van der Waals surface area contributed by atoms with Crippen molar-refractivity contribution in [1.82, 2.24) is 20.4 Å². The molecule has 0 radical (unpaired) electrons. The normalized spacial score (nSPS) is 13.4. The summed E-state index contributed by atoms with van der Waals surface area (Å²) >= 11 is 0. The molecule has 1 aromatic heterocycles. The maximum atomic E-state index is 5.79. The van der Waals surface area contributed by atoms with E-state index in [2.05, 4.69) is 15.7 Å². The van der Waals surface area contributed by atoms with Crippen molar-refractivity contribution in [2.45, 2.75) is 32.4 Å². The SMILES string of the molecule is CC(C)(C)OCC(NN)c1cnnn1-c1ccccc1. The quantitative estimate of drug-likeness (QED) is 0.640. The van der Waals surface area contributed by atoms with Gasteiger partial charge in [-0.05, 0) is 32.9 Å². The molecule has 0 amide bonds. The molecule has 3 N–H and O–H groups in total. The van der Waals surface area contributed by atoms with Crippen LogP contribution in [-0.2, 0) is 4.74 Å². The summed E-state index contributed by atoms with van der Waals surface area (Å²) in [4.78, 5) is 0. The maximum absolute atomic E-state index is 5.79. The number of ether oxygens (including phenoxy) is 1. The molecule has 0 fully saturated rings. The van der Waals surface area contributed by atoms with Gasteiger partial charge in [-0.15, -0.1) is 5.10 Å². The lowest BCUT2D eigenvalue weighted by Gasteiger charge is -2.24. The number of aromatic nitrogens is 3. The van der Waals surface area contributed by atoms with E-state index in [1.807, 2.05) is 51.1 Å². The van der Waals surface area contributed by atoms with Crippen LogP contribution in [0.15, 0.2) is 36.5 Å². The van der Waals surface area contributed by atoms with Crippen LogP contribution in [0.5, 0.6) is 0 Å². The molecule has 0 saturated heterocycles. The van der Waals surface area contributed by atoms with Gasteiger partial charge >= 0.3 is 0 Å². The van der Waals surface area contributed by atoms with E-state index in [0.717, 1.165) is 11.4 Å². The number of nitrogens with zero attached hydrogens (tertiary/aromatic N) is 3. The van der Waals surface area contributed by atoms with Crippen molar-refractivity contribution in [2.75, 3.05) is 6.61 Å². The number of nitrogens with two attached hydrogens (primary N) is 1. The van der Waals surface area contributed by atoms with E-state index in [0.29, 0.717) is 6.61 Å². The van der Waals surface area contributed by atoms with Gasteiger partial charge in [0.05, 0.1) is 35.8 Å². The minimum absolute atomic E-state index is 0.176. The summed E-state index contributed by atoms with van der Waals surface area (Å²) in [5, 5.41) is 8.09. The first-order valence-corrected chi connectivity index (χ1v) is 6.57. The molecule has 0 saturated carbocycles. The van der Waals surface area contributed by atoms with E-state index in [1.54, 1.807) is 10.9 Å². The summed E-state index contributed by atoms with van der Waals surface area (Å²) in [6, 6.07) is 9.63. The number of hydrogen-bond acceptors (Lipinski definition) is 5. The second kappa shape index (κ2) is 6.13. The molecular weight excluding hydrogens is 254 g/mol. The van der Waals surface area contributed by atoms with Gasteiger partial charge in [-0.3, -0.25) is 5.84 Å². The smallest absolute Gasteiger partial charge is 0.0883 e. The first kappa shape index (κ1) is 14.6. The van der Waals surface area contributed by atoms with Gasteiger partial charge in [0.2, 0.25) is 0 Å². The summed E-state index contributed by atoms with van der Waals surface area (Å²) in [6.45, 7) is 6.47. The summed E-state index contributed by atoms with van der Waals surface area (Å²) in [6.07, 6.45) is 1.70. The molecule has 0 aliphatic rings. The van der Waals surface area contributed by atoms with Crippen LogP contribution in [0.3, 0.4) is 0 Å². The molecular formula is C14H21N5O. The second-order valence-corrected chi connectivity index (χ2v) is 5.55. The van der Waals surface area contributed by atoms with Gasteiger partial charge in [-0.1, -0.05) is 23.4 Å². The molecule has 6 nitrogen and oxygen atoms in total. The fraction of sp³-hybridized carbons (Fsp3) is 0.429. The van der Waals surface area contributed by atoms with Crippen LogP contribution in [0.2, 0.25) is 0 Å². The number of hydrogen-bond donors (Lipinski definition) is 2. The van der Waals surface area contributed by atoms with E-state index in [9.17, 15) is 0 Å². The Morgan fingerprint density at radius 3 is 2.60 bits per heavy atom. The van der Waals surface area contributed by atoms with Crippen LogP contribution in [0, 0.1) is 0 Å². The standard InChI is InChI=1S/C14H21N5O/c1-14(2,3)20-10-12(17-15)13-9-16-18-19(13)11-7-5-4-6-8-11/h4-9,12,17H,10,15H2,1-3H3. The van der Waals surface area contributed by atoms with E-state index in [4.69, 9.17) is 10.6 Å².